The quantitative estimate of drug-likeness (QED) is 0.760. The summed E-state index contributed by atoms with van der Waals surface area (Å²) in [7, 11) is 0. The van der Waals surface area contributed by atoms with Crippen LogP contribution < -0.4 is 0 Å². The Balaban J connectivity index is 1.95. The van der Waals surface area contributed by atoms with E-state index < -0.39 is 0 Å². The van der Waals surface area contributed by atoms with Crippen LogP contribution in [0.3, 0.4) is 0 Å². The number of pyridine rings is 1. The first-order chi connectivity index (χ1) is 8.43. The summed E-state index contributed by atoms with van der Waals surface area (Å²) in [5, 5.41) is 0. The van der Waals surface area contributed by atoms with Crippen LogP contribution in [-0.2, 0) is 6.54 Å². The summed E-state index contributed by atoms with van der Waals surface area (Å²) in [5.41, 5.74) is 3.57. The highest BCUT2D eigenvalue weighted by Crippen LogP contribution is 2.15. The fraction of sp³-hybridized carbons (Fsp3) is 0.133. The normalized spacial score (nSPS) is 14.9. The summed E-state index contributed by atoms with van der Waals surface area (Å²) in [6.07, 6.45) is 15.8. The molecule has 2 aromatic rings. The zero-order valence-electron chi connectivity index (χ0n) is 9.58. The summed E-state index contributed by atoms with van der Waals surface area (Å²) in [4.78, 5) is 4.34. The second-order valence-corrected chi connectivity index (χ2v) is 4.16. The van der Waals surface area contributed by atoms with Crippen molar-refractivity contribution in [1.29, 1.82) is 0 Å². The van der Waals surface area contributed by atoms with Crippen molar-refractivity contribution >= 4 is 11.0 Å². The number of rotatable bonds is 2. The summed E-state index contributed by atoms with van der Waals surface area (Å²) in [6.45, 7) is 0.899. The van der Waals surface area contributed by atoms with Crippen molar-refractivity contribution < 1.29 is 0 Å². The molecule has 0 radical (unpaired) electrons. The third-order valence-corrected chi connectivity index (χ3v) is 2.94. The molecule has 0 bridgehead atoms. The van der Waals surface area contributed by atoms with E-state index in [9.17, 15) is 0 Å². The Labute approximate surface area is 101 Å². The molecule has 84 valence electrons. The number of hydrogen-bond donors (Lipinski definition) is 0. The van der Waals surface area contributed by atoms with Gasteiger partial charge in [-0.1, -0.05) is 30.4 Å². The van der Waals surface area contributed by atoms with E-state index in [4.69, 9.17) is 0 Å². The third kappa shape index (κ3) is 2.07. The summed E-state index contributed by atoms with van der Waals surface area (Å²) in [6, 6.07) is 6.15. The molecular weight excluding hydrogens is 208 g/mol. The Hall–Kier alpha value is -2.09. The van der Waals surface area contributed by atoms with Gasteiger partial charge in [0.15, 0.2) is 0 Å². The molecule has 2 aromatic heterocycles. The predicted octanol–water partition coefficient (Wildman–Crippen LogP) is 3.48. The Bertz CT molecular complexity index is 615. The van der Waals surface area contributed by atoms with Gasteiger partial charge in [-0.2, -0.15) is 0 Å². The molecule has 17 heavy (non-hydrogen) atoms. The van der Waals surface area contributed by atoms with Crippen molar-refractivity contribution in [2.75, 3.05) is 0 Å². The molecule has 1 aliphatic carbocycles. The topological polar surface area (TPSA) is 17.8 Å². The SMILES string of the molecule is C1=CCC=CC(Cn2ccc3ncccc32)=C1. The fourth-order valence-electron chi connectivity index (χ4n) is 2.08. The average molecular weight is 222 g/mol. The van der Waals surface area contributed by atoms with Crippen molar-refractivity contribution in [2.45, 2.75) is 13.0 Å². The molecule has 2 heterocycles. The minimum Gasteiger partial charge on any atom is -0.342 e. The van der Waals surface area contributed by atoms with Gasteiger partial charge in [0.25, 0.3) is 0 Å². The first-order valence-corrected chi connectivity index (χ1v) is 5.85. The second kappa shape index (κ2) is 4.42. The summed E-state index contributed by atoms with van der Waals surface area (Å²) < 4.78 is 2.23. The van der Waals surface area contributed by atoms with Crippen LogP contribution in [0.2, 0.25) is 0 Å². The Morgan fingerprint density at radius 1 is 1.24 bits per heavy atom. The molecule has 0 amide bonds. The van der Waals surface area contributed by atoms with Crippen LogP contribution >= 0.6 is 0 Å². The van der Waals surface area contributed by atoms with Gasteiger partial charge < -0.3 is 4.57 Å². The molecular formula is C15H14N2. The standard InChI is InChI=1S/C15H14N2/c1-2-4-7-13(6-3-1)12-17-11-9-14-15(17)8-5-10-16-14/h1,3-11H,2,12H2. The predicted molar refractivity (Wildman–Crippen MR) is 70.7 cm³/mol. The van der Waals surface area contributed by atoms with Gasteiger partial charge in [-0.05, 0) is 30.2 Å². The second-order valence-electron chi connectivity index (χ2n) is 4.16. The van der Waals surface area contributed by atoms with Crippen molar-refractivity contribution in [2.24, 2.45) is 0 Å². The Kier molecular flexibility index (Phi) is 2.62. The smallest absolute Gasteiger partial charge is 0.0881 e. The number of hydrogen-bond acceptors (Lipinski definition) is 1. The molecule has 0 N–H and O–H groups in total. The monoisotopic (exact) mass is 222 g/mol. The first-order valence-electron chi connectivity index (χ1n) is 5.85. The molecule has 0 spiro atoms. The fourth-order valence-corrected chi connectivity index (χ4v) is 2.08. The van der Waals surface area contributed by atoms with Crippen LogP contribution in [0.4, 0.5) is 0 Å². The molecule has 0 aliphatic heterocycles. The van der Waals surface area contributed by atoms with Gasteiger partial charge in [-0.25, -0.2) is 0 Å². The van der Waals surface area contributed by atoms with Gasteiger partial charge in [0, 0.05) is 18.9 Å². The number of fused-ring (bicyclic) bond motifs is 1. The molecule has 0 unspecified atom stereocenters. The van der Waals surface area contributed by atoms with Crippen molar-refractivity contribution in [3.05, 3.63) is 66.5 Å². The molecule has 0 aromatic carbocycles. The van der Waals surface area contributed by atoms with Gasteiger partial charge in [0.05, 0.1) is 11.0 Å². The van der Waals surface area contributed by atoms with E-state index in [1.54, 1.807) is 0 Å². The maximum Gasteiger partial charge on any atom is 0.0881 e. The lowest BCUT2D eigenvalue weighted by Crippen LogP contribution is -1.97. The summed E-state index contributed by atoms with van der Waals surface area (Å²) in [5.74, 6) is 0. The lowest BCUT2D eigenvalue weighted by molar-refractivity contribution is 0.835. The van der Waals surface area contributed by atoms with E-state index >= 15 is 0 Å². The first kappa shape index (κ1) is 10.1. The van der Waals surface area contributed by atoms with E-state index in [2.05, 4.69) is 58.3 Å². The molecule has 0 saturated heterocycles. The third-order valence-electron chi connectivity index (χ3n) is 2.94. The van der Waals surface area contributed by atoms with Crippen molar-refractivity contribution in [3.63, 3.8) is 0 Å². The molecule has 2 nitrogen and oxygen atoms in total. The largest absolute Gasteiger partial charge is 0.342 e. The van der Waals surface area contributed by atoms with Crippen molar-refractivity contribution in [1.82, 2.24) is 9.55 Å². The highest BCUT2D eigenvalue weighted by molar-refractivity contribution is 5.75. The van der Waals surface area contributed by atoms with Gasteiger partial charge in [-0.3, -0.25) is 4.98 Å². The number of allylic oxidation sites excluding steroid dienone is 6. The van der Waals surface area contributed by atoms with E-state index in [1.807, 2.05) is 12.3 Å². The summed E-state index contributed by atoms with van der Waals surface area (Å²) >= 11 is 0. The Morgan fingerprint density at radius 3 is 3.24 bits per heavy atom. The molecule has 0 atom stereocenters. The number of aromatic nitrogens is 2. The zero-order valence-corrected chi connectivity index (χ0v) is 9.58. The van der Waals surface area contributed by atoms with Crippen LogP contribution in [-0.4, -0.2) is 9.55 Å². The molecule has 0 fully saturated rings. The van der Waals surface area contributed by atoms with Crippen molar-refractivity contribution in [3.8, 4) is 0 Å². The highest BCUT2D eigenvalue weighted by atomic mass is 15.0. The van der Waals surface area contributed by atoms with E-state index in [0.29, 0.717) is 0 Å². The van der Waals surface area contributed by atoms with Crippen LogP contribution in [0.5, 0.6) is 0 Å². The van der Waals surface area contributed by atoms with Gasteiger partial charge >= 0.3 is 0 Å². The van der Waals surface area contributed by atoms with Crippen LogP contribution in [0, 0.1) is 0 Å². The maximum atomic E-state index is 4.34. The molecule has 1 aliphatic rings. The zero-order chi connectivity index (χ0) is 11.5. The molecule has 0 saturated carbocycles. The molecule has 3 rings (SSSR count). The van der Waals surface area contributed by atoms with Gasteiger partial charge in [0.1, 0.15) is 0 Å². The lowest BCUT2D eigenvalue weighted by atomic mass is 10.2. The van der Waals surface area contributed by atoms with E-state index in [0.717, 1.165) is 18.5 Å². The van der Waals surface area contributed by atoms with Gasteiger partial charge in [0.2, 0.25) is 0 Å². The Morgan fingerprint density at radius 2 is 2.24 bits per heavy atom. The minimum atomic E-state index is 0.899. The van der Waals surface area contributed by atoms with Crippen LogP contribution in [0.15, 0.2) is 66.5 Å². The van der Waals surface area contributed by atoms with Crippen LogP contribution in [0.25, 0.3) is 11.0 Å². The maximum absolute atomic E-state index is 4.34. The lowest BCUT2D eigenvalue weighted by Gasteiger charge is -2.05. The number of nitrogens with zero attached hydrogens (tertiary/aromatic N) is 2. The van der Waals surface area contributed by atoms with Gasteiger partial charge in [-0.15, -0.1) is 0 Å². The van der Waals surface area contributed by atoms with Crippen LogP contribution in [0.1, 0.15) is 6.42 Å². The highest BCUT2D eigenvalue weighted by Gasteiger charge is 2.02. The average Bonchev–Trinajstić information content (AvgIpc) is 2.59. The molecule has 2 heteroatoms. The minimum absolute atomic E-state index is 0.899. The van der Waals surface area contributed by atoms with E-state index in [1.165, 1.54) is 11.1 Å². The van der Waals surface area contributed by atoms with E-state index in [-0.39, 0.29) is 0 Å².